The number of rotatable bonds is 9. The van der Waals surface area contributed by atoms with Gasteiger partial charge in [0.2, 0.25) is 0 Å². The summed E-state index contributed by atoms with van der Waals surface area (Å²) in [5, 5.41) is 3.58. The monoisotopic (exact) mass is 282 g/mol. The fourth-order valence-corrected chi connectivity index (χ4v) is 2.61. The van der Waals surface area contributed by atoms with Gasteiger partial charge in [-0.25, -0.2) is 0 Å². The van der Waals surface area contributed by atoms with E-state index in [4.69, 9.17) is 5.73 Å². The second-order valence-corrected chi connectivity index (χ2v) is 5.49. The van der Waals surface area contributed by atoms with Crippen LogP contribution in [0.25, 0.3) is 0 Å². The van der Waals surface area contributed by atoms with E-state index in [1.54, 1.807) is 0 Å². The summed E-state index contributed by atoms with van der Waals surface area (Å²) in [6, 6.07) is 22.0. The number of aryl methyl sites for hydroxylation is 2. The summed E-state index contributed by atoms with van der Waals surface area (Å²) < 4.78 is 0. The molecule has 0 saturated heterocycles. The summed E-state index contributed by atoms with van der Waals surface area (Å²) in [7, 11) is 0. The molecule has 0 radical (unpaired) electrons. The summed E-state index contributed by atoms with van der Waals surface area (Å²) in [4.78, 5) is 0. The van der Waals surface area contributed by atoms with Crippen molar-refractivity contribution in [3.05, 3.63) is 71.8 Å². The van der Waals surface area contributed by atoms with Crippen LogP contribution in [0.2, 0.25) is 0 Å². The minimum absolute atomic E-state index is 0.536. The Labute approximate surface area is 128 Å². The Hall–Kier alpha value is -1.64. The molecule has 2 heteroatoms. The average molecular weight is 282 g/mol. The van der Waals surface area contributed by atoms with Crippen LogP contribution in [0.5, 0.6) is 0 Å². The topological polar surface area (TPSA) is 38.0 Å². The highest BCUT2D eigenvalue weighted by molar-refractivity contribution is 5.16. The molecule has 0 aliphatic heterocycles. The molecule has 0 bridgehead atoms. The third-order valence-electron chi connectivity index (χ3n) is 3.83. The predicted molar refractivity (Wildman–Crippen MR) is 90.4 cm³/mol. The zero-order valence-electron chi connectivity index (χ0n) is 12.7. The second kappa shape index (κ2) is 9.32. The summed E-state index contributed by atoms with van der Waals surface area (Å²) >= 11 is 0. The normalized spacial score (nSPS) is 11.0. The minimum atomic E-state index is 0.536. The van der Waals surface area contributed by atoms with Gasteiger partial charge < -0.3 is 11.1 Å². The van der Waals surface area contributed by atoms with Gasteiger partial charge in [-0.15, -0.1) is 0 Å². The number of benzene rings is 2. The molecule has 0 amide bonds. The molecule has 2 aromatic rings. The van der Waals surface area contributed by atoms with E-state index in [1.807, 2.05) is 0 Å². The van der Waals surface area contributed by atoms with Crippen molar-refractivity contribution >= 4 is 0 Å². The SMILES string of the molecule is NCCNC(CCc1ccccc1)CCc1ccccc1. The predicted octanol–water partition coefficient (Wildman–Crippen LogP) is 3.17. The minimum Gasteiger partial charge on any atom is -0.329 e. The molecule has 3 N–H and O–H groups in total. The van der Waals surface area contributed by atoms with Gasteiger partial charge in [0.25, 0.3) is 0 Å². The first-order valence-electron chi connectivity index (χ1n) is 7.90. The van der Waals surface area contributed by atoms with Crippen molar-refractivity contribution in [2.75, 3.05) is 13.1 Å². The van der Waals surface area contributed by atoms with Crippen LogP contribution in [0.1, 0.15) is 24.0 Å². The van der Waals surface area contributed by atoms with Gasteiger partial charge in [-0.05, 0) is 36.8 Å². The Morgan fingerprint density at radius 2 is 1.24 bits per heavy atom. The zero-order chi connectivity index (χ0) is 14.8. The molecule has 0 heterocycles. The number of hydrogen-bond donors (Lipinski definition) is 2. The Morgan fingerprint density at radius 1 is 0.762 bits per heavy atom. The van der Waals surface area contributed by atoms with Gasteiger partial charge >= 0.3 is 0 Å². The van der Waals surface area contributed by atoms with E-state index in [1.165, 1.54) is 11.1 Å². The Morgan fingerprint density at radius 3 is 1.67 bits per heavy atom. The molecule has 2 aromatic carbocycles. The highest BCUT2D eigenvalue weighted by Crippen LogP contribution is 2.11. The molecule has 0 aliphatic rings. The molecule has 112 valence electrons. The molecule has 0 saturated carbocycles. The van der Waals surface area contributed by atoms with Crippen molar-refractivity contribution in [2.24, 2.45) is 5.73 Å². The Bertz CT molecular complexity index is 438. The van der Waals surface area contributed by atoms with Crippen molar-refractivity contribution in [3.63, 3.8) is 0 Å². The van der Waals surface area contributed by atoms with Crippen molar-refractivity contribution in [1.29, 1.82) is 0 Å². The van der Waals surface area contributed by atoms with Crippen molar-refractivity contribution in [3.8, 4) is 0 Å². The number of nitrogens with one attached hydrogen (secondary N) is 1. The van der Waals surface area contributed by atoms with E-state index in [2.05, 4.69) is 66.0 Å². The highest BCUT2D eigenvalue weighted by Gasteiger charge is 2.08. The van der Waals surface area contributed by atoms with Crippen LogP contribution < -0.4 is 11.1 Å². The second-order valence-electron chi connectivity index (χ2n) is 5.49. The molecule has 0 fully saturated rings. The summed E-state index contributed by atoms with van der Waals surface area (Å²) in [6.45, 7) is 1.60. The molecular formula is C19H26N2. The molecule has 21 heavy (non-hydrogen) atoms. The van der Waals surface area contributed by atoms with Gasteiger partial charge in [-0.2, -0.15) is 0 Å². The smallest absolute Gasteiger partial charge is 0.00771 e. The van der Waals surface area contributed by atoms with E-state index >= 15 is 0 Å². The lowest BCUT2D eigenvalue weighted by atomic mass is 9.99. The van der Waals surface area contributed by atoms with E-state index < -0.39 is 0 Å². The van der Waals surface area contributed by atoms with Crippen molar-refractivity contribution < 1.29 is 0 Å². The molecule has 0 aromatic heterocycles. The summed E-state index contributed by atoms with van der Waals surface area (Å²) in [5.41, 5.74) is 8.46. The zero-order valence-corrected chi connectivity index (χ0v) is 12.7. The fraction of sp³-hybridized carbons (Fsp3) is 0.368. The van der Waals surface area contributed by atoms with E-state index in [0.717, 1.165) is 32.2 Å². The molecule has 0 aliphatic carbocycles. The largest absolute Gasteiger partial charge is 0.329 e. The third kappa shape index (κ3) is 6.11. The van der Waals surface area contributed by atoms with Crippen LogP contribution in [0.3, 0.4) is 0 Å². The maximum atomic E-state index is 5.63. The van der Waals surface area contributed by atoms with E-state index in [0.29, 0.717) is 12.6 Å². The maximum Gasteiger partial charge on any atom is 0.00771 e. The first kappa shape index (κ1) is 15.7. The van der Waals surface area contributed by atoms with Gasteiger partial charge in [0, 0.05) is 19.1 Å². The van der Waals surface area contributed by atoms with Gasteiger partial charge in [-0.1, -0.05) is 60.7 Å². The van der Waals surface area contributed by atoms with E-state index in [9.17, 15) is 0 Å². The highest BCUT2D eigenvalue weighted by atomic mass is 14.9. The van der Waals surface area contributed by atoms with Gasteiger partial charge in [0.05, 0.1) is 0 Å². The van der Waals surface area contributed by atoms with Crippen LogP contribution in [0.15, 0.2) is 60.7 Å². The van der Waals surface area contributed by atoms with Crippen LogP contribution >= 0.6 is 0 Å². The number of nitrogens with two attached hydrogens (primary N) is 1. The first-order valence-corrected chi connectivity index (χ1v) is 7.90. The first-order chi connectivity index (χ1) is 10.4. The molecule has 2 rings (SSSR count). The molecule has 0 spiro atoms. The van der Waals surface area contributed by atoms with Crippen LogP contribution in [-0.4, -0.2) is 19.1 Å². The van der Waals surface area contributed by atoms with Crippen LogP contribution in [0, 0.1) is 0 Å². The molecule has 0 unspecified atom stereocenters. The Balaban J connectivity index is 1.82. The quantitative estimate of drug-likeness (QED) is 0.741. The van der Waals surface area contributed by atoms with Crippen LogP contribution in [0.4, 0.5) is 0 Å². The molecule has 0 atom stereocenters. The summed E-state index contributed by atoms with van der Waals surface area (Å²) in [6.07, 6.45) is 4.57. The fourth-order valence-electron chi connectivity index (χ4n) is 2.61. The lowest BCUT2D eigenvalue weighted by Crippen LogP contribution is -2.34. The lowest BCUT2D eigenvalue weighted by Gasteiger charge is -2.18. The maximum absolute atomic E-state index is 5.63. The van der Waals surface area contributed by atoms with Gasteiger partial charge in [-0.3, -0.25) is 0 Å². The standard InChI is InChI=1S/C19H26N2/c20-15-16-21-19(13-11-17-7-3-1-4-8-17)14-12-18-9-5-2-6-10-18/h1-10,19,21H,11-16,20H2. The Kier molecular flexibility index (Phi) is 6.99. The third-order valence-corrected chi connectivity index (χ3v) is 3.83. The van der Waals surface area contributed by atoms with Gasteiger partial charge in [0.15, 0.2) is 0 Å². The number of hydrogen-bond acceptors (Lipinski definition) is 2. The average Bonchev–Trinajstić information content (AvgIpc) is 2.56. The van der Waals surface area contributed by atoms with Crippen molar-refractivity contribution in [2.45, 2.75) is 31.7 Å². The summed E-state index contributed by atoms with van der Waals surface area (Å²) in [5.74, 6) is 0. The van der Waals surface area contributed by atoms with Gasteiger partial charge in [0.1, 0.15) is 0 Å². The molecular weight excluding hydrogens is 256 g/mol. The van der Waals surface area contributed by atoms with Crippen molar-refractivity contribution in [1.82, 2.24) is 5.32 Å². The molecule has 2 nitrogen and oxygen atoms in total. The van der Waals surface area contributed by atoms with Crippen LogP contribution in [-0.2, 0) is 12.8 Å². The van der Waals surface area contributed by atoms with E-state index in [-0.39, 0.29) is 0 Å². The lowest BCUT2D eigenvalue weighted by molar-refractivity contribution is 0.458.